The van der Waals surface area contributed by atoms with Crippen molar-refractivity contribution in [2.45, 2.75) is 104 Å². The Kier molecular flexibility index (Phi) is 14.7. The van der Waals surface area contributed by atoms with Crippen LogP contribution in [-0.4, -0.2) is 58.4 Å². The predicted molar refractivity (Wildman–Crippen MR) is 222 cm³/mol. The molecule has 4 N–H and O–H groups in total. The molecular formula is C44H52Cl2N4O8. The maximum atomic E-state index is 11.8. The molecule has 0 bridgehead atoms. The van der Waals surface area contributed by atoms with Gasteiger partial charge in [-0.25, -0.2) is 0 Å². The van der Waals surface area contributed by atoms with Crippen LogP contribution in [0.2, 0.25) is 10.0 Å². The molecular weight excluding hydrogens is 783 g/mol. The zero-order valence-electron chi connectivity index (χ0n) is 33.4. The number of hydrogen-bond donors (Lipinski definition) is 4. The van der Waals surface area contributed by atoms with Gasteiger partial charge in [-0.3, -0.25) is 9.59 Å². The molecule has 0 aliphatic heterocycles. The van der Waals surface area contributed by atoms with Gasteiger partial charge in [0.15, 0.2) is 0 Å². The summed E-state index contributed by atoms with van der Waals surface area (Å²) in [5.41, 5.74) is 7.51. The largest absolute Gasteiger partial charge is 0.481 e. The van der Waals surface area contributed by atoms with Crippen molar-refractivity contribution >= 4 is 35.1 Å². The SMILES string of the molecule is COc1nc(OCc2cccc(-c3cccc(COc4nc(OC)c(CN[C@H]5CCCC[C@@H]5C(=O)O)cc4Cl)c3C)c2C)c(Cl)cc1CNC1CCCC[C@@H]1C(=O)O. The van der Waals surface area contributed by atoms with Gasteiger partial charge in [0.1, 0.15) is 23.3 Å². The number of carbonyl (C=O) groups is 2. The van der Waals surface area contributed by atoms with Crippen LogP contribution >= 0.6 is 23.2 Å². The minimum atomic E-state index is -0.776. The number of nitrogens with one attached hydrogen (secondary N) is 2. The molecule has 0 saturated heterocycles. The number of rotatable bonds is 17. The summed E-state index contributed by atoms with van der Waals surface area (Å²) in [6.07, 6.45) is 6.74. The lowest BCUT2D eigenvalue weighted by Gasteiger charge is -2.29. The van der Waals surface area contributed by atoms with Gasteiger partial charge in [0.25, 0.3) is 0 Å². The van der Waals surface area contributed by atoms with Gasteiger partial charge in [0.05, 0.1) is 26.1 Å². The number of aromatic nitrogens is 2. The molecule has 0 radical (unpaired) electrons. The molecule has 58 heavy (non-hydrogen) atoms. The number of ether oxygens (including phenoxy) is 4. The standard InChI is InChI=1S/C44H52Cl2N4O8/c1-25-27(23-57-41-35(45)19-29(39(49-41)55-3)21-47-37-17-7-5-13-33(37)43(51)52)11-9-15-31(25)32-16-10-12-28(26(32)2)24-58-42-36(46)20-30(40(50-42)56-4)22-48-38-18-8-6-14-34(38)44(53)54/h9-12,15-16,19-20,33-34,37-38,47-48H,5-8,13-14,17-18,21-24H2,1-4H3,(H,51,52)(H,53,54)/t33-,34-,37-,38?/m0/s1. The van der Waals surface area contributed by atoms with Crippen molar-refractivity contribution in [3.63, 3.8) is 0 Å². The van der Waals surface area contributed by atoms with Crippen molar-refractivity contribution in [1.29, 1.82) is 0 Å². The van der Waals surface area contributed by atoms with Crippen molar-refractivity contribution in [2.75, 3.05) is 14.2 Å². The first kappa shape index (κ1) is 43.0. The number of carboxylic acid groups (broad SMARTS) is 2. The van der Waals surface area contributed by atoms with E-state index in [2.05, 4.69) is 46.6 Å². The molecule has 2 fully saturated rings. The second-order valence-electron chi connectivity index (χ2n) is 15.1. The van der Waals surface area contributed by atoms with Crippen molar-refractivity contribution in [3.8, 4) is 34.6 Å². The highest BCUT2D eigenvalue weighted by Gasteiger charge is 2.32. The van der Waals surface area contributed by atoms with Crippen LogP contribution in [0.15, 0.2) is 48.5 Å². The Bertz CT molecular complexity index is 1950. The van der Waals surface area contributed by atoms with E-state index in [0.29, 0.717) is 47.7 Å². The van der Waals surface area contributed by atoms with E-state index < -0.39 is 23.8 Å². The molecule has 2 aromatic carbocycles. The van der Waals surface area contributed by atoms with Crippen LogP contribution in [0.25, 0.3) is 11.1 Å². The van der Waals surface area contributed by atoms with E-state index in [0.717, 1.165) is 83.0 Å². The summed E-state index contributed by atoms with van der Waals surface area (Å²) in [6, 6.07) is 15.4. The zero-order chi connectivity index (χ0) is 41.3. The molecule has 310 valence electrons. The number of pyridine rings is 2. The molecule has 1 unspecified atom stereocenters. The Morgan fingerprint density at radius 3 is 1.41 bits per heavy atom. The smallest absolute Gasteiger partial charge is 0.308 e. The lowest BCUT2D eigenvalue weighted by atomic mass is 9.84. The van der Waals surface area contributed by atoms with Crippen molar-refractivity contribution in [1.82, 2.24) is 20.6 Å². The van der Waals surface area contributed by atoms with E-state index in [1.807, 2.05) is 24.3 Å². The summed E-state index contributed by atoms with van der Waals surface area (Å²) in [7, 11) is 3.07. The van der Waals surface area contributed by atoms with E-state index in [4.69, 9.17) is 42.1 Å². The number of carboxylic acids is 2. The Morgan fingerprint density at radius 1 is 0.638 bits per heavy atom. The third kappa shape index (κ3) is 10.1. The van der Waals surface area contributed by atoms with Crippen LogP contribution in [-0.2, 0) is 35.9 Å². The molecule has 6 rings (SSSR count). The minimum absolute atomic E-state index is 0.132. The van der Waals surface area contributed by atoms with Gasteiger partial charge in [0, 0.05) is 36.3 Å². The fraction of sp³-hybridized carbons (Fsp3) is 0.455. The Balaban J connectivity index is 1.11. The fourth-order valence-corrected chi connectivity index (χ4v) is 8.63. The first-order chi connectivity index (χ1) is 28.0. The summed E-state index contributed by atoms with van der Waals surface area (Å²) in [6.45, 7) is 5.29. The molecule has 2 aromatic heterocycles. The van der Waals surface area contributed by atoms with E-state index in [-0.39, 0.29) is 37.1 Å². The van der Waals surface area contributed by atoms with Crippen LogP contribution in [0.1, 0.15) is 84.7 Å². The average molecular weight is 836 g/mol. The fourth-order valence-electron chi connectivity index (χ4n) is 8.18. The molecule has 4 atom stereocenters. The average Bonchev–Trinajstić information content (AvgIpc) is 3.22. The summed E-state index contributed by atoms with van der Waals surface area (Å²) >= 11 is 13.4. The van der Waals surface area contributed by atoms with Crippen LogP contribution < -0.4 is 29.6 Å². The quantitative estimate of drug-likeness (QED) is 0.0802. The minimum Gasteiger partial charge on any atom is -0.481 e. The predicted octanol–water partition coefficient (Wildman–Crippen LogP) is 8.71. The zero-order valence-corrected chi connectivity index (χ0v) is 34.9. The molecule has 14 heteroatoms. The second-order valence-corrected chi connectivity index (χ2v) is 15.9. The highest BCUT2D eigenvalue weighted by Crippen LogP contribution is 2.35. The van der Waals surface area contributed by atoms with E-state index >= 15 is 0 Å². The number of aliphatic carboxylic acids is 2. The van der Waals surface area contributed by atoms with Crippen molar-refractivity contribution < 1.29 is 38.7 Å². The molecule has 0 spiro atoms. The van der Waals surface area contributed by atoms with E-state index in [1.165, 1.54) is 14.2 Å². The topological polar surface area (TPSA) is 161 Å². The van der Waals surface area contributed by atoms with E-state index in [1.54, 1.807) is 12.1 Å². The van der Waals surface area contributed by atoms with Gasteiger partial charge in [-0.2, -0.15) is 9.97 Å². The highest BCUT2D eigenvalue weighted by molar-refractivity contribution is 6.32. The van der Waals surface area contributed by atoms with Gasteiger partial charge < -0.3 is 39.8 Å². The molecule has 2 heterocycles. The maximum Gasteiger partial charge on any atom is 0.308 e. The molecule has 12 nitrogen and oxygen atoms in total. The second kappa shape index (κ2) is 19.9. The highest BCUT2D eigenvalue weighted by atomic mass is 35.5. The van der Waals surface area contributed by atoms with Gasteiger partial charge in [-0.15, -0.1) is 0 Å². The third-order valence-electron chi connectivity index (χ3n) is 11.5. The Morgan fingerprint density at radius 2 is 1.03 bits per heavy atom. The maximum absolute atomic E-state index is 11.8. The van der Waals surface area contributed by atoms with Gasteiger partial charge >= 0.3 is 11.9 Å². The first-order valence-electron chi connectivity index (χ1n) is 19.8. The van der Waals surface area contributed by atoms with Crippen LogP contribution in [0.3, 0.4) is 0 Å². The van der Waals surface area contributed by atoms with Crippen LogP contribution in [0.5, 0.6) is 23.5 Å². The lowest BCUT2D eigenvalue weighted by molar-refractivity contribution is -0.144. The van der Waals surface area contributed by atoms with Gasteiger partial charge in [-0.1, -0.05) is 85.3 Å². The van der Waals surface area contributed by atoms with Gasteiger partial charge in [0.2, 0.25) is 23.5 Å². The summed E-state index contributed by atoms with van der Waals surface area (Å²) in [5, 5.41) is 26.8. The number of benzene rings is 2. The first-order valence-corrected chi connectivity index (χ1v) is 20.6. The monoisotopic (exact) mass is 834 g/mol. The third-order valence-corrected chi connectivity index (χ3v) is 12.1. The summed E-state index contributed by atoms with van der Waals surface area (Å²) in [5.74, 6) is -1.19. The molecule has 2 aliphatic rings. The van der Waals surface area contributed by atoms with Gasteiger partial charge in [-0.05, 0) is 85.0 Å². The Hall–Kier alpha value is -4.62. The normalized spacial score (nSPS) is 19.3. The van der Waals surface area contributed by atoms with Crippen LogP contribution in [0, 0.1) is 25.7 Å². The molecule has 2 saturated carbocycles. The summed E-state index contributed by atoms with van der Waals surface area (Å²) < 4.78 is 23.5. The van der Waals surface area contributed by atoms with E-state index in [9.17, 15) is 19.8 Å². The molecule has 4 aromatic rings. The lowest BCUT2D eigenvalue weighted by Crippen LogP contribution is -2.41. The number of nitrogens with zero attached hydrogens (tertiary/aromatic N) is 2. The summed E-state index contributed by atoms with van der Waals surface area (Å²) in [4.78, 5) is 32.7. The molecule has 2 aliphatic carbocycles. The van der Waals surface area contributed by atoms with Crippen molar-refractivity contribution in [2.24, 2.45) is 11.8 Å². The van der Waals surface area contributed by atoms with Crippen LogP contribution in [0.4, 0.5) is 0 Å². The molecule has 0 amide bonds. The number of halogens is 2. The Labute approximate surface area is 349 Å². The van der Waals surface area contributed by atoms with Crippen molar-refractivity contribution in [3.05, 3.63) is 92.0 Å². The number of methoxy groups -OCH3 is 2. The number of hydrogen-bond acceptors (Lipinski definition) is 10.